The highest BCUT2D eigenvalue weighted by molar-refractivity contribution is 5.94. The van der Waals surface area contributed by atoms with E-state index < -0.39 is 0 Å². The lowest BCUT2D eigenvalue weighted by Gasteiger charge is -2.04. The molecule has 1 rings (SSSR count). The van der Waals surface area contributed by atoms with Crippen molar-refractivity contribution in [3.63, 3.8) is 0 Å². The Bertz CT molecular complexity index is 264. The highest BCUT2D eigenvalue weighted by atomic mass is 35.5. The highest BCUT2D eigenvalue weighted by Crippen LogP contribution is 1.96. The first-order valence-corrected chi connectivity index (χ1v) is 4.38. The second-order valence-electron chi connectivity index (χ2n) is 2.65. The second-order valence-corrected chi connectivity index (χ2v) is 2.65. The summed E-state index contributed by atoms with van der Waals surface area (Å²) in [5.41, 5.74) is 0.695. The third-order valence-electron chi connectivity index (χ3n) is 1.66. The summed E-state index contributed by atoms with van der Waals surface area (Å²) < 4.78 is 0. The van der Waals surface area contributed by atoms with E-state index in [-0.39, 0.29) is 18.3 Å². The molecule has 0 aliphatic carbocycles. The Labute approximate surface area is 90.3 Å². The normalized spacial score (nSPS) is 8.93. The predicted molar refractivity (Wildman–Crippen MR) is 59.7 cm³/mol. The molecule has 0 aromatic heterocycles. The number of carbonyl (C=O) groups excluding carboxylic acids is 1. The van der Waals surface area contributed by atoms with Crippen LogP contribution in [-0.4, -0.2) is 19.1 Å². The first kappa shape index (κ1) is 12.9. The van der Waals surface area contributed by atoms with Crippen LogP contribution >= 0.6 is 12.4 Å². The summed E-state index contributed by atoms with van der Waals surface area (Å²) in [7, 11) is 0. The average Bonchev–Trinajstić information content (AvgIpc) is 2.19. The minimum Gasteiger partial charge on any atom is -0.339 e. The summed E-state index contributed by atoms with van der Waals surface area (Å²) in [6.45, 7) is 3.37. The van der Waals surface area contributed by atoms with Gasteiger partial charge >= 0.3 is 0 Å². The van der Waals surface area contributed by atoms with Gasteiger partial charge in [0.15, 0.2) is 0 Å². The number of rotatable bonds is 4. The van der Waals surface area contributed by atoms with Gasteiger partial charge in [-0.15, -0.1) is 12.4 Å². The van der Waals surface area contributed by atoms with Crippen molar-refractivity contribution >= 4 is 18.3 Å². The minimum absolute atomic E-state index is 0. The number of carbonyl (C=O) groups is 1. The molecule has 0 aliphatic rings. The molecule has 0 spiro atoms. The summed E-state index contributed by atoms with van der Waals surface area (Å²) in [4.78, 5) is 11.4. The van der Waals surface area contributed by atoms with E-state index in [1.165, 1.54) is 0 Å². The maximum atomic E-state index is 11.4. The zero-order chi connectivity index (χ0) is 9.52. The van der Waals surface area contributed by atoms with Crippen LogP contribution in [0.5, 0.6) is 0 Å². The summed E-state index contributed by atoms with van der Waals surface area (Å²) in [6, 6.07) is 9.17. The topological polar surface area (TPSA) is 41.1 Å². The van der Waals surface area contributed by atoms with Gasteiger partial charge in [0.2, 0.25) is 0 Å². The van der Waals surface area contributed by atoms with Gasteiger partial charge in [-0.25, -0.2) is 0 Å². The zero-order valence-corrected chi connectivity index (χ0v) is 8.93. The molecule has 0 unspecified atom stereocenters. The molecule has 0 saturated carbocycles. The molecular formula is C10H15ClN2O. The Kier molecular flexibility index (Phi) is 6.80. The highest BCUT2D eigenvalue weighted by Gasteiger charge is 2.01. The predicted octanol–water partition coefficient (Wildman–Crippen LogP) is 1.41. The molecule has 4 heteroatoms. The Morgan fingerprint density at radius 2 is 1.93 bits per heavy atom. The number of hydrogen-bond donors (Lipinski definition) is 2. The third kappa shape index (κ3) is 4.25. The Morgan fingerprint density at radius 1 is 1.29 bits per heavy atom. The van der Waals surface area contributed by atoms with Crippen LogP contribution in [0.2, 0.25) is 0 Å². The van der Waals surface area contributed by atoms with Gasteiger partial charge in [-0.3, -0.25) is 4.79 Å². The van der Waals surface area contributed by atoms with E-state index in [2.05, 4.69) is 10.6 Å². The van der Waals surface area contributed by atoms with Crippen LogP contribution in [0.15, 0.2) is 30.3 Å². The standard InChI is InChI=1S/C10H14N2O.ClH/c1-2-11-8-12-10(13)9-6-4-3-5-7-9;/h3-7,11H,2,8H2,1H3,(H,12,13);1H. The van der Waals surface area contributed by atoms with Gasteiger partial charge in [0.05, 0.1) is 6.67 Å². The van der Waals surface area contributed by atoms with Crippen LogP contribution < -0.4 is 10.6 Å². The van der Waals surface area contributed by atoms with Crippen LogP contribution in [-0.2, 0) is 0 Å². The maximum absolute atomic E-state index is 11.4. The lowest BCUT2D eigenvalue weighted by molar-refractivity contribution is 0.0951. The molecule has 0 aliphatic heterocycles. The monoisotopic (exact) mass is 214 g/mol. The molecule has 0 atom stereocenters. The molecule has 0 radical (unpaired) electrons. The van der Waals surface area contributed by atoms with Crippen molar-refractivity contribution in [3.8, 4) is 0 Å². The fourth-order valence-corrected chi connectivity index (χ4v) is 0.959. The third-order valence-corrected chi connectivity index (χ3v) is 1.66. The molecule has 2 N–H and O–H groups in total. The number of hydrogen-bond acceptors (Lipinski definition) is 2. The first-order valence-electron chi connectivity index (χ1n) is 4.38. The van der Waals surface area contributed by atoms with Crippen LogP contribution in [0.1, 0.15) is 17.3 Å². The Morgan fingerprint density at radius 3 is 2.50 bits per heavy atom. The number of halogens is 1. The smallest absolute Gasteiger partial charge is 0.252 e. The molecule has 0 heterocycles. The molecule has 0 saturated heterocycles. The van der Waals surface area contributed by atoms with Crippen LogP contribution in [0, 0.1) is 0 Å². The van der Waals surface area contributed by atoms with Gasteiger partial charge in [-0.1, -0.05) is 25.1 Å². The van der Waals surface area contributed by atoms with E-state index >= 15 is 0 Å². The van der Waals surface area contributed by atoms with Gasteiger partial charge in [0.1, 0.15) is 0 Å². The zero-order valence-electron chi connectivity index (χ0n) is 8.12. The van der Waals surface area contributed by atoms with E-state index in [0.29, 0.717) is 12.2 Å². The number of benzene rings is 1. The molecule has 0 fully saturated rings. The van der Waals surface area contributed by atoms with Crippen LogP contribution in [0.25, 0.3) is 0 Å². The van der Waals surface area contributed by atoms with Crippen LogP contribution in [0.4, 0.5) is 0 Å². The number of amides is 1. The van der Waals surface area contributed by atoms with E-state index in [9.17, 15) is 4.79 Å². The number of nitrogens with one attached hydrogen (secondary N) is 2. The van der Waals surface area contributed by atoms with Gasteiger partial charge < -0.3 is 10.6 Å². The largest absolute Gasteiger partial charge is 0.339 e. The Balaban J connectivity index is 0.00000169. The molecule has 78 valence electrons. The minimum atomic E-state index is -0.0402. The fourth-order valence-electron chi connectivity index (χ4n) is 0.959. The van der Waals surface area contributed by atoms with Gasteiger partial charge in [0, 0.05) is 5.56 Å². The van der Waals surface area contributed by atoms with Crippen molar-refractivity contribution in [2.75, 3.05) is 13.2 Å². The molecule has 1 aromatic rings. The van der Waals surface area contributed by atoms with E-state index in [1.54, 1.807) is 12.1 Å². The van der Waals surface area contributed by atoms with E-state index in [4.69, 9.17) is 0 Å². The van der Waals surface area contributed by atoms with Crippen molar-refractivity contribution < 1.29 is 4.79 Å². The maximum Gasteiger partial charge on any atom is 0.252 e. The Hall–Kier alpha value is -1.06. The second kappa shape index (κ2) is 7.35. The van der Waals surface area contributed by atoms with Crippen molar-refractivity contribution in [1.29, 1.82) is 0 Å². The first-order chi connectivity index (χ1) is 6.34. The van der Waals surface area contributed by atoms with E-state index in [0.717, 1.165) is 6.54 Å². The summed E-state index contributed by atoms with van der Waals surface area (Å²) in [6.07, 6.45) is 0. The van der Waals surface area contributed by atoms with Gasteiger partial charge in [0.25, 0.3) is 5.91 Å². The van der Waals surface area contributed by atoms with Crippen molar-refractivity contribution in [2.45, 2.75) is 6.92 Å². The molecule has 3 nitrogen and oxygen atoms in total. The van der Waals surface area contributed by atoms with Crippen molar-refractivity contribution in [1.82, 2.24) is 10.6 Å². The molecular weight excluding hydrogens is 200 g/mol. The van der Waals surface area contributed by atoms with Crippen molar-refractivity contribution in [3.05, 3.63) is 35.9 Å². The summed E-state index contributed by atoms with van der Waals surface area (Å²) in [5.74, 6) is -0.0402. The molecule has 1 aromatic carbocycles. The van der Waals surface area contributed by atoms with Gasteiger partial charge in [-0.05, 0) is 18.7 Å². The average molecular weight is 215 g/mol. The molecule has 14 heavy (non-hydrogen) atoms. The fraction of sp³-hybridized carbons (Fsp3) is 0.300. The lowest BCUT2D eigenvalue weighted by atomic mass is 10.2. The summed E-state index contributed by atoms with van der Waals surface area (Å²) >= 11 is 0. The van der Waals surface area contributed by atoms with Gasteiger partial charge in [-0.2, -0.15) is 0 Å². The van der Waals surface area contributed by atoms with Crippen LogP contribution in [0.3, 0.4) is 0 Å². The SMILES string of the molecule is CCNCNC(=O)c1ccccc1.Cl. The quantitative estimate of drug-likeness (QED) is 0.588. The van der Waals surface area contributed by atoms with E-state index in [1.807, 2.05) is 25.1 Å². The van der Waals surface area contributed by atoms with Crippen molar-refractivity contribution in [2.24, 2.45) is 0 Å². The molecule has 0 bridgehead atoms. The summed E-state index contributed by atoms with van der Waals surface area (Å²) in [5, 5.41) is 5.77. The lowest BCUT2D eigenvalue weighted by Crippen LogP contribution is -2.33. The molecule has 1 amide bonds.